The summed E-state index contributed by atoms with van der Waals surface area (Å²) in [6.07, 6.45) is 53.7. The highest BCUT2D eigenvalue weighted by Gasteiger charge is 2.19. The first-order valence-electron chi connectivity index (χ1n) is 27.9. The van der Waals surface area contributed by atoms with Crippen LogP contribution in [-0.4, -0.2) is 37.2 Å². The molecule has 0 saturated heterocycles. The normalized spacial score (nSPS) is 12.0. The van der Waals surface area contributed by atoms with Gasteiger partial charge in [0.2, 0.25) is 0 Å². The van der Waals surface area contributed by atoms with Crippen LogP contribution in [0.4, 0.5) is 0 Å². The number of hydrogen-bond acceptors (Lipinski definition) is 6. The van der Waals surface area contributed by atoms with Crippen molar-refractivity contribution >= 4 is 17.9 Å². The van der Waals surface area contributed by atoms with Crippen molar-refractivity contribution in [1.29, 1.82) is 0 Å². The summed E-state index contributed by atoms with van der Waals surface area (Å²) in [7, 11) is 0. The molecule has 0 aliphatic rings. The number of ether oxygens (including phenoxy) is 3. The Labute approximate surface area is 387 Å². The fraction of sp³-hybridized carbons (Fsp3) is 0.946. The largest absolute Gasteiger partial charge is 0.462 e. The Morgan fingerprint density at radius 3 is 0.790 bits per heavy atom. The monoisotopic (exact) mass is 877 g/mol. The highest BCUT2D eigenvalue weighted by atomic mass is 16.6. The van der Waals surface area contributed by atoms with E-state index in [1.165, 1.54) is 212 Å². The molecule has 0 amide bonds. The van der Waals surface area contributed by atoms with Crippen LogP contribution in [0, 0.1) is 5.92 Å². The van der Waals surface area contributed by atoms with E-state index >= 15 is 0 Å². The first-order chi connectivity index (χ1) is 30.4. The third kappa shape index (κ3) is 49.4. The number of rotatable bonds is 51. The zero-order chi connectivity index (χ0) is 45.2. The Kier molecular flexibility index (Phi) is 49.1. The number of hydrogen-bond donors (Lipinski definition) is 0. The molecule has 0 bridgehead atoms. The van der Waals surface area contributed by atoms with Crippen molar-refractivity contribution in [2.75, 3.05) is 13.2 Å². The second-order valence-electron chi connectivity index (χ2n) is 19.7. The third-order valence-electron chi connectivity index (χ3n) is 12.8. The molecule has 0 aromatic carbocycles. The number of unbranched alkanes of at least 4 members (excludes halogenated alkanes) is 38. The molecule has 6 heteroatoms. The van der Waals surface area contributed by atoms with E-state index in [2.05, 4.69) is 27.7 Å². The summed E-state index contributed by atoms with van der Waals surface area (Å²) in [5.74, 6) is 0.0146. The van der Waals surface area contributed by atoms with E-state index in [1.54, 1.807) is 0 Å². The van der Waals surface area contributed by atoms with Gasteiger partial charge >= 0.3 is 17.9 Å². The van der Waals surface area contributed by atoms with Crippen molar-refractivity contribution in [3.05, 3.63) is 0 Å². The minimum Gasteiger partial charge on any atom is -0.462 e. The molecule has 0 aliphatic heterocycles. The average molecular weight is 877 g/mol. The molecule has 0 saturated carbocycles. The third-order valence-corrected chi connectivity index (χ3v) is 12.8. The molecule has 0 spiro atoms. The highest BCUT2D eigenvalue weighted by Crippen LogP contribution is 2.18. The van der Waals surface area contributed by atoms with Crippen LogP contribution in [0.2, 0.25) is 0 Å². The summed E-state index contributed by atoms with van der Waals surface area (Å²) in [4.78, 5) is 38.0. The second-order valence-corrected chi connectivity index (χ2v) is 19.7. The average Bonchev–Trinajstić information content (AvgIpc) is 3.26. The zero-order valence-electron chi connectivity index (χ0n) is 42.3. The molecule has 0 radical (unpaired) electrons. The standard InChI is InChI=1S/C56H108O6/c1-5-7-9-11-13-15-17-23-29-33-37-41-45-49-56(59)62-53(50-60-54(57)47-43-39-35-31-27-18-16-14-12-10-8-6-2)51-61-55(58)48-44-40-36-32-28-25-22-20-19-21-24-26-30-34-38-42-46-52(3)4/h52-53H,5-51H2,1-4H3/t53-/m1/s1. The Balaban J connectivity index is 4.25. The van der Waals surface area contributed by atoms with Crippen molar-refractivity contribution in [3.8, 4) is 0 Å². The molecular formula is C56H108O6. The van der Waals surface area contributed by atoms with Crippen LogP contribution in [-0.2, 0) is 28.6 Å². The number of esters is 3. The molecule has 0 heterocycles. The number of carbonyl (C=O) groups is 3. The first-order valence-corrected chi connectivity index (χ1v) is 27.9. The topological polar surface area (TPSA) is 78.9 Å². The van der Waals surface area contributed by atoms with Gasteiger partial charge in [-0.15, -0.1) is 0 Å². The van der Waals surface area contributed by atoms with E-state index in [0.29, 0.717) is 19.3 Å². The molecule has 0 N–H and O–H groups in total. The molecule has 6 nitrogen and oxygen atoms in total. The van der Waals surface area contributed by atoms with Crippen molar-refractivity contribution in [2.45, 2.75) is 323 Å². The summed E-state index contributed by atoms with van der Waals surface area (Å²) in [5.41, 5.74) is 0. The highest BCUT2D eigenvalue weighted by molar-refractivity contribution is 5.71. The smallest absolute Gasteiger partial charge is 0.306 e. The lowest BCUT2D eigenvalue weighted by Gasteiger charge is -2.18. The SMILES string of the molecule is CCCCCCCCCCCCCCCC(=O)O[C@H](COC(=O)CCCCCCCCCCCCCC)COC(=O)CCCCCCCCCCCCCCCCCCC(C)C. The Morgan fingerprint density at radius 1 is 0.306 bits per heavy atom. The van der Waals surface area contributed by atoms with Gasteiger partial charge < -0.3 is 14.2 Å². The summed E-state index contributed by atoms with van der Waals surface area (Å²) < 4.78 is 16.8. The van der Waals surface area contributed by atoms with Crippen LogP contribution >= 0.6 is 0 Å². The molecule has 0 aliphatic carbocycles. The zero-order valence-corrected chi connectivity index (χ0v) is 42.3. The minimum atomic E-state index is -0.760. The lowest BCUT2D eigenvalue weighted by Crippen LogP contribution is -2.30. The molecule has 1 atom stereocenters. The van der Waals surface area contributed by atoms with Crippen LogP contribution in [0.5, 0.6) is 0 Å². The van der Waals surface area contributed by atoms with Crippen molar-refractivity contribution < 1.29 is 28.6 Å². The Bertz CT molecular complexity index is 933. The summed E-state index contributed by atoms with van der Waals surface area (Å²) in [6, 6.07) is 0. The maximum Gasteiger partial charge on any atom is 0.306 e. The van der Waals surface area contributed by atoms with Gasteiger partial charge in [-0.2, -0.15) is 0 Å². The van der Waals surface area contributed by atoms with E-state index in [9.17, 15) is 14.4 Å². The van der Waals surface area contributed by atoms with E-state index in [-0.39, 0.29) is 31.1 Å². The van der Waals surface area contributed by atoms with Gasteiger partial charge in [-0.3, -0.25) is 14.4 Å². The molecule has 368 valence electrons. The van der Waals surface area contributed by atoms with E-state index in [0.717, 1.165) is 63.7 Å². The predicted octanol–water partition coefficient (Wildman–Crippen LogP) is 18.2. The summed E-state index contributed by atoms with van der Waals surface area (Å²) >= 11 is 0. The van der Waals surface area contributed by atoms with Gasteiger partial charge in [0.05, 0.1) is 0 Å². The van der Waals surface area contributed by atoms with Gasteiger partial charge in [0.15, 0.2) is 6.10 Å². The Morgan fingerprint density at radius 2 is 0.532 bits per heavy atom. The second kappa shape index (κ2) is 50.4. The predicted molar refractivity (Wildman–Crippen MR) is 266 cm³/mol. The molecule has 0 aromatic rings. The van der Waals surface area contributed by atoms with Gasteiger partial charge in [0.25, 0.3) is 0 Å². The maximum absolute atomic E-state index is 12.8. The molecule has 0 unspecified atom stereocenters. The van der Waals surface area contributed by atoms with Crippen LogP contribution in [0.15, 0.2) is 0 Å². The van der Waals surface area contributed by atoms with E-state index in [1.807, 2.05) is 0 Å². The van der Waals surface area contributed by atoms with Crippen molar-refractivity contribution in [3.63, 3.8) is 0 Å². The summed E-state index contributed by atoms with van der Waals surface area (Å²) in [5, 5.41) is 0. The van der Waals surface area contributed by atoms with Crippen LogP contribution in [0.1, 0.15) is 317 Å². The molecular weight excluding hydrogens is 769 g/mol. The van der Waals surface area contributed by atoms with Crippen LogP contribution < -0.4 is 0 Å². The van der Waals surface area contributed by atoms with E-state index < -0.39 is 6.10 Å². The number of carbonyl (C=O) groups excluding carboxylic acids is 3. The molecule has 0 rings (SSSR count). The van der Waals surface area contributed by atoms with Crippen LogP contribution in [0.25, 0.3) is 0 Å². The van der Waals surface area contributed by atoms with Gasteiger partial charge in [-0.1, -0.05) is 278 Å². The maximum atomic E-state index is 12.8. The van der Waals surface area contributed by atoms with Gasteiger partial charge in [0.1, 0.15) is 13.2 Å². The van der Waals surface area contributed by atoms with Gasteiger partial charge in [0, 0.05) is 19.3 Å². The minimum absolute atomic E-state index is 0.0620. The lowest BCUT2D eigenvalue weighted by atomic mass is 10.0. The quantitative estimate of drug-likeness (QED) is 0.0344. The Hall–Kier alpha value is -1.59. The fourth-order valence-corrected chi connectivity index (χ4v) is 8.57. The van der Waals surface area contributed by atoms with Gasteiger partial charge in [-0.25, -0.2) is 0 Å². The molecule has 62 heavy (non-hydrogen) atoms. The fourth-order valence-electron chi connectivity index (χ4n) is 8.57. The van der Waals surface area contributed by atoms with Crippen molar-refractivity contribution in [2.24, 2.45) is 5.92 Å². The summed E-state index contributed by atoms with van der Waals surface area (Å²) in [6.45, 7) is 9.06. The molecule has 0 aromatic heterocycles. The first kappa shape index (κ1) is 60.4. The van der Waals surface area contributed by atoms with E-state index in [4.69, 9.17) is 14.2 Å². The van der Waals surface area contributed by atoms with Gasteiger partial charge in [-0.05, 0) is 25.2 Å². The lowest BCUT2D eigenvalue weighted by molar-refractivity contribution is -0.167. The van der Waals surface area contributed by atoms with Crippen LogP contribution in [0.3, 0.4) is 0 Å². The van der Waals surface area contributed by atoms with Crippen molar-refractivity contribution in [1.82, 2.24) is 0 Å². The molecule has 0 fully saturated rings.